The highest BCUT2D eigenvalue weighted by Crippen LogP contribution is 2.35. The number of hydrogen-bond acceptors (Lipinski definition) is 6. The molecule has 174 valence electrons. The van der Waals surface area contributed by atoms with Gasteiger partial charge in [0.25, 0.3) is 5.56 Å². The topological polar surface area (TPSA) is 83.2 Å². The van der Waals surface area contributed by atoms with Gasteiger partial charge >= 0.3 is 0 Å². The van der Waals surface area contributed by atoms with E-state index in [4.69, 9.17) is 21.1 Å². The number of methoxy groups -OCH3 is 1. The minimum atomic E-state index is -0.507. The van der Waals surface area contributed by atoms with Gasteiger partial charge in [0.1, 0.15) is 23.0 Å². The van der Waals surface area contributed by atoms with Crippen LogP contribution in [0.25, 0.3) is 5.69 Å². The van der Waals surface area contributed by atoms with Gasteiger partial charge in [-0.25, -0.2) is 14.1 Å². The normalized spacial score (nSPS) is 14.9. The van der Waals surface area contributed by atoms with Crippen LogP contribution in [-0.2, 0) is 0 Å². The smallest absolute Gasteiger partial charge is 0.291 e. The van der Waals surface area contributed by atoms with Crippen LogP contribution in [0.2, 0.25) is 5.15 Å². The average Bonchev–Trinajstić information content (AvgIpc) is 3.26. The van der Waals surface area contributed by atoms with Crippen molar-refractivity contribution in [1.29, 1.82) is 0 Å². The number of hydrogen-bond donors (Lipinski definition) is 1. The standard InChI is InChI=1S/C24H21ClFN5O3/c1-14-12-30(13-27-14)20-5-4-16(10-22(20)33-2)28-18-11-23(25)29-31(24(18)32)19-7-8-34-21-6-3-15(26)9-17(19)21/h3-6,9-13,19,28H,7-8H2,1-2H3. The van der Waals surface area contributed by atoms with Crippen LogP contribution in [0.15, 0.2) is 59.8 Å². The SMILES string of the molecule is COc1cc(Nc2cc(Cl)nn(C3CCOc4ccc(F)cc43)c2=O)ccc1-n1cnc(C)c1. The van der Waals surface area contributed by atoms with Crippen LogP contribution < -0.4 is 20.3 Å². The molecule has 1 N–H and O–H groups in total. The zero-order valence-electron chi connectivity index (χ0n) is 18.5. The lowest BCUT2D eigenvalue weighted by atomic mass is 10.0. The molecule has 0 saturated heterocycles. The summed E-state index contributed by atoms with van der Waals surface area (Å²) >= 11 is 6.28. The first-order chi connectivity index (χ1) is 16.4. The van der Waals surface area contributed by atoms with Crippen molar-refractivity contribution in [1.82, 2.24) is 19.3 Å². The number of nitrogens with zero attached hydrogens (tertiary/aromatic N) is 4. The van der Waals surface area contributed by atoms with Crippen molar-refractivity contribution >= 4 is 23.0 Å². The lowest BCUT2D eigenvalue weighted by Crippen LogP contribution is -2.32. The Kier molecular flexibility index (Phi) is 5.70. The Morgan fingerprint density at radius 3 is 2.85 bits per heavy atom. The third-order valence-electron chi connectivity index (χ3n) is 5.63. The van der Waals surface area contributed by atoms with E-state index in [1.165, 1.54) is 22.9 Å². The third kappa shape index (κ3) is 4.10. The molecule has 8 nitrogen and oxygen atoms in total. The predicted octanol–water partition coefficient (Wildman–Crippen LogP) is 4.65. The Labute approximate surface area is 199 Å². The summed E-state index contributed by atoms with van der Waals surface area (Å²) in [7, 11) is 1.57. The molecule has 0 amide bonds. The Balaban J connectivity index is 1.51. The maximum Gasteiger partial charge on any atom is 0.291 e. The van der Waals surface area contributed by atoms with E-state index in [-0.39, 0.29) is 16.4 Å². The monoisotopic (exact) mass is 481 g/mol. The summed E-state index contributed by atoms with van der Waals surface area (Å²) in [4.78, 5) is 17.6. The number of ether oxygens (including phenoxy) is 2. The fourth-order valence-electron chi connectivity index (χ4n) is 4.06. The summed E-state index contributed by atoms with van der Waals surface area (Å²) in [6.45, 7) is 2.28. The van der Waals surface area contributed by atoms with E-state index in [0.29, 0.717) is 35.8 Å². The number of rotatable bonds is 5. The molecule has 2 aromatic carbocycles. The van der Waals surface area contributed by atoms with Crippen LogP contribution in [0.5, 0.6) is 11.5 Å². The van der Waals surface area contributed by atoms with E-state index in [9.17, 15) is 9.18 Å². The van der Waals surface area contributed by atoms with E-state index >= 15 is 0 Å². The maximum absolute atomic E-state index is 13.9. The summed E-state index contributed by atoms with van der Waals surface area (Å²) in [5, 5.41) is 7.48. The summed E-state index contributed by atoms with van der Waals surface area (Å²) < 4.78 is 28.3. The molecule has 0 saturated carbocycles. The van der Waals surface area contributed by atoms with E-state index in [1.54, 1.807) is 25.6 Å². The molecule has 1 aliphatic heterocycles. The van der Waals surface area contributed by atoms with Gasteiger partial charge in [-0.2, -0.15) is 5.10 Å². The highest BCUT2D eigenvalue weighted by molar-refractivity contribution is 6.29. The number of aryl methyl sites for hydroxylation is 1. The van der Waals surface area contributed by atoms with E-state index in [0.717, 1.165) is 11.4 Å². The lowest BCUT2D eigenvalue weighted by Gasteiger charge is -2.27. The molecule has 0 fully saturated rings. The van der Waals surface area contributed by atoms with Crippen molar-refractivity contribution in [2.24, 2.45) is 0 Å². The molecule has 5 rings (SSSR count). The minimum absolute atomic E-state index is 0.129. The number of aromatic nitrogens is 4. The second kappa shape index (κ2) is 8.83. The molecule has 10 heteroatoms. The number of fused-ring (bicyclic) bond motifs is 1. The molecular weight excluding hydrogens is 461 g/mol. The fraction of sp³-hybridized carbons (Fsp3) is 0.208. The number of imidazole rings is 1. The molecule has 3 heterocycles. The van der Waals surface area contributed by atoms with Gasteiger partial charge in [0, 0.05) is 36.0 Å². The van der Waals surface area contributed by atoms with Crippen LogP contribution in [0.4, 0.5) is 15.8 Å². The first-order valence-electron chi connectivity index (χ1n) is 10.6. The van der Waals surface area contributed by atoms with Gasteiger partial charge in [-0.3, -0.25) is 4.79 Å². The maximum atomic E-state index is 13.9. The zero-order valence-corrected chi connectivity index (χ0v) is 19.2. The van der Waals surface area contributed by atoms with Crippen molar-refractivity contribution < 1.29 is 13.9 Å². The average molecular weight is 482 g/mol. The van der Waals surface area contributed by atoms with Crippen LogP contribution >= 0.6 is 11.6 Å². The molecule has 0 bridgehead atoms. The number of anilines is 2. The number of halogens is 2. The third-order valence-corrected chi connectivity index (χ3v) is 5.81. The van der Waals surface area contributed by atoms with E-state index in [1.807, 2.05) is 29.8 Å². The van der Waals surface area contributed by atoms with Crippen LogP contribution in [0, 0.1) is 12.7 Å². The summed E-state index contributed by atoms with van der Waals surface area (Å²) in [5.41, 5.74) is 2.71. The Bertz CT molecular complexity index is 1430. The first kappa shape index (κ1) is 22.0. The highest BCUT2D eigenvalue weighted by Gasteiger charge is 2.26. The van der Waals surface area contributed by atoms with Crippen molar-refractivity contribution in [3.63, 3.8) is 0 Å². The largest absolute Gasteiger partial charge is 0.494 e. The van der Waals surface area contributed by atoms with Crippen molar-refractivity contribution in [3.8, 4) is 17.2 Å². The summed E-state index contributed by atoms with van der Waals surface area (Å²) in [6.07, 6.45) is 4.05. The summed E-state index contributed by atoms with van der Waals surface area (Å²) in [6, 6.07) is 10.7. The molecule has 0 spiro atoms. The van der Waals surface area contributed by atoms with Gasteiger partial charge in [-0.15, -0.1) is 0 Å². The Morgan fingerprint density at radius 2 is 2.09 bits per heavy atom. The lowest BCUT2D eigenvalue weighted by molar-refractivity contribution is 0.246. The Hall–Kier alpha value is -3.85. The molecule has 0 radical (unpaired) electrons. The van der Waals surface area contributed by atoms with Gasteiger partial charge < -0.3 is 19.4 Å². The van der Waals surface area contributed by atoms with Crippen molar-refractivity contribution in [3.05, 3.63) is 87.6 Å². The summed E-state index contributed by atoms with van der Waals surface area (Å²) in [5.74, 6) is 0.704. The molecule has 1 aliphatic rings. The van der Waals surface area contributed by atoms with Gasteiger partial charge in [0.15, 0.2) is 5.15 Å². The van der Waals surface area contributed by atoms with Crippen LogP contribution in [0.3, 0.4) is 0 Å². The Morgan fingerprint density at radius 1 is 1.24 bits per heavy atom. The second-order valence-electron chi connectivity index (χ2n) is 7.90. The quantitative estimate of drug-likeness (QED) is 0.446. The van der Waals surface area contributed by atoms with E-state index < -0.39 is 11.9 Å². The molecular formula is C24H21ClFN5O3. The van der Waals surface area contributed by atoms with Crippen molar-refractivity contribution in [2.45, 2.75) is 19.4 Å². The van der Waals surface area contributed by atoms with E-state index in [2.05, 4.69) is 15.4 Å². The fourth-order valence-corrected chi connectivity index (χ4v) is 4.25. The molecule has 1 atom stereocenters. The minimum Gasteiger partial charge on any atom is -0.494 e. The molecule has 34 heavy (non-hydrogen) atoms. The molecule has 2 aromatic heterocycles. The van der Waals surface area contributed by atoms with Crippen LogP contribution in [0.1, 0.15) is 23.7 Å². The van der Waals surface area contributed by atoms with Crippen molar-refractivity contribution in [2.75, 3.05) is 19.0 Å². The molecule has 4 aromatic rings. The second-order valence-corrected chi connectivity index (χ2v) is 8.29. The first-order valence-corrected chi connectivity index (χ1v) is 11.0. The zero-order chi connectivity index (χ0) is 23.8. The van der Waals surface area contributed by atoms with Gasteiger partial charge in [0.2, 0.25) is 0 Å². The molecule has 0 aliphatic carbocycles. The van der Waals surface area contributed by atoms with Gasteiger partial charge in [0.05, 0.1) is 37.5 Å². The van der Waals surface area contributed by atoms with Gasteiger partial charge in [-0.05, 0) is 37.3 Å². The predicted molar refractivity (Wildman–Crippen MR) is 126 cm³/mol. The van der Waals surface area contributed by atoms with Gasteiger partial charge in [-0.1, -0.05) is 11.6 Å². The molecule has 1 unspecified atom stereocenters. The highest BCUT2D eigenvalue weighted by atomic mass is 35.5. The number of nitrogens with one attached hydrogen (secondary N) is 1. The number of benzene rings is 2. The van der Waals surface area contributed by atoms with Crippen LogP contribution in [-0.4, -0.2) is 33.0 Å².